The maximum absolute atomic E-state index is 4.50. The first-order valence-electron chi connectivity index (χ1n) is 6.06. The average molecular weight is 252 g/mol. The Morgan fingerprint density at radius 1 is 1.41 bits per heavy atom. The number of aromatic nitrogens is 1. The highest BCUT2D eigenvalue weighted by Gasteiger charge is 2.21. The van der Waals surface area contributed by atoms with Crippen LogP contribution in [0.1, 0.15) is 28.4 Å². The molecule has 5 heteroatoms. The molecule has 0 atom stereocenters. The lowest BCUT2D eigenvalue weighted by molar-refractivity contribution is 0.736. The third-order valence-corrected chi connectivity index (χ3v) is 4.03. The van der Waals surface area contributed by atoms with Crippen molar-refractivity contribution >= 4 is 17.3 Å². The fourth-order valence-electron chi connectivity index (χ4n) is 1.56. The van der Waals surface area contributed by atoms with Gasteiger partial charge in [-0.25, -0.2) is 4.98 Å². The van der Waals surface area contributed by atoms with Gasteiger partial charge in [-0.15, -0.1) is 11.3 Å². The van der Waals surface area contributed by atoms with Crippen molar-refractivity contribution in [1.29, 1.82) is 0 Å². The van der Waals surface area contributed by atoms with Crippen molar-refractivity contribution in [3.63, 3.8) is 0 Å². The molecule has 0 spiro atoms. The van der Waals surface area contributed by atoms with E-state index in [0.717, 1.165) is 35.7 Å². The lowest BCUT2D eigenvalue weighted by atomic mass is 10.4. The first-order chi connectivity index (χ1) is 8.19. The largest absolute Gasteiger partial charge is 0.356 e. The highest BCUT2D eigenvalue weighted by Crippen LogP contribution is 2.27. The summed E-state index contributed by atoms with van der Waals surface area (Å²) in [5.41, 5.74) is 1.13. The standard InChI is InChI=1S/C12H20N4S/c1-8-9(2)17-11(16-8)7-15-12(13-3)14-6-10-4-5-10/h10H,4-7H2,1-3H3,(H2,13,14,15). The summed E-state index contributed by atoms with van der Waals surface area (Å²) in [5, 5.41) is 7.75. The minimum atomic E-state index is 0.754. The van der Waals surface area contributed by atoms with Crippen LogP contribution < -0.4 is 10.6 Å². The van der Waals surface area contributed by atoms with Crippen molar-refractivity contribution < 1.29 is 0 Å². The molecule has 1 fully saturated rings. The summed E-state index contributed by atoms with van der Waals surface area (Å²) in [6, 6.07) is 0. The molecule has 0 saturated heterocycles. The van der Waals surface area contributed by atoms with Crippen LogP contribution in [0.5, 0.6) is 0 Å². The molecule has 0 radical (unpaired) electrons. The Labute approximate surface area is 107 Å². The Morgan fingerprint density at radius 3 is 2.71 bits per heavy atom. The molecule has 1 aliphatic carbocycles. The van der Waals surface area contributed by atoms with Crippen LogP contribution in [-0.4, -0.2) is 24.5 Å². The predicted octanol–water partition coefficient (Wildman–Crippen LogP) is 1.83. The highest BCUT2D eigenvalue weighted by molar-refractivity contribution is 7.11. The summed E-state index contributed by atoms with van der Waals surface area (Å²) >= 11 is 1.75. The zero-order valence-electron chi connectivity index (χ0n) is 10.7. The monoisotopic (exact) mass is 252 g/mol. The Bertz CT molecular complexity index is 387. The molecule has 0 unspecified atom stereocenters. The zero-order valence-corrected chi connectivity index (χ0v) is 11.5. The molecular formula is C12H20N4S. The molecule has 4 nitrogen and oxygen atoms in total. The van der Waals surface area contributed by atoms with Crippen LogP contribution >= 0.6 is 11.3 Å². The lowest BCUT2D eigenvalue weighted by Gasteiger charge is -2.09. The van der Waals surface area contributed by atoms with Crippen molar-refractivity contribution in [3.8, 4) is 0 Å². The molecule has 2 rings (SSSR count). The highest BCUT2D eigenvalue weighted by atomic mass is 32.1. The maximum Gasteiger partial charge on any atom is 0.191 e. The zero-order chi connectivity index (χ0) is 12.3. The molecular weight excluding hydrogens is 232 g/mol. The van der Waals surface area contributed by atoms with E-state index in [-0.39, 0.29) is 0 Å². The fourth-order valence-corrected chi connectivity index (χ4v) is 2.43. The second kappa shape index (κ2) is 5.49. The Morgan fingerprint density at radius 2 is 2.18 bits per heavy atom. The summed E-state index contributed by atoms with van der Waals surface area (Å²) in [6.07, 6.45) is 2.71. The molecule has 1 saturated carbocycles. The van der Waals surface area contributed by atoms with Gasteiger partial charge in [-0.1, -0.05) is 0 Å². The lowest BCUT2D eigenvalue weighted by Crippen LogP contribution is -2.37. The van der Waals surface area contributed by atoms with Gasteiger partial charge >= 0.3 is 0 Å². The molecule has 2 N–H and O–H groups in total. The van der Waals surface area contributed by atoms with Crippen LogP contribution in [-0.2, 0) is 6.54 Å². The number of rotatable bonds is 4. The van der Waals surface area contributed by atoms with E-state index in [2.05, 4.69) is 34.5 Å². The van der Waals surface area contributed by atoms with E-state index in [1.165, 1.54) is 17.7 Å². The van der Waals surface area contributed by atoms with E-state index < -0.39 is 0 Å². The van der Waals surface area contributed by atoms with Crippen LogP contribution in [0.2, 0.25) is 0 Å². The van der Waals surface area contributed by atoms with Crippen molar-refractivity contribution in [2.45, 2.75) is 33.2 Å². The molecule has 1 aromatic rings. The summed E-state index contributed by atoms with van der Waals surface area (Å²) in [6.45, 7) is 5.95. The van der Waals surface area contributed by atoms with Crippen LogP contribution in [0.4, 0.5) is 0 Å². The second-order valence-corrected chi connectivity index (χ2v) is 5.79. The van der Waals surface area contributed by atoms with E-state index in [1.807, 2.05) is 0 Å². The van der Waals surface area contributed by atoms with Gasteiger partial charge in [-0.2, -0.15) is 0 Å². The maximum atomic E-state index is 4.50. The van der Waals surface area contributed by atoms with Crippen molar-refractivity contribution in [1.82, 2.24) is 15.6 Å². The van der Waals surface area contributed by atoms with Crippen molar-refractivity contribution in [3.05, 3.63) is 15.6 Å². The van der Waals surface area contributed by atoms with E-state index >= 15 is 0 Å². The minimum Gasteiger partial charge on any atom is -0.356 e. The Hall–Kier alpha value is -1.10. The number of nitrogens with zero attached hydrogens (tertiary/aromatic N) is 2. The molecule has 0 aliphatic heterocycles. The summed E-state index contributed by atoms with van der Waals surface area (Å²) in [7, 11) is 1.81. The number of hydrogen-bond donors (Lipinski definition) is 2. The average Bonchev–Trinajstić information content (AvgIpc) is 3.07. The van der Waals surface area contributed by atoms with E-state index in [1.54, 1.807) is 18.4 Å². The number of nitrogens with one attached hydrogen (secondary N) is 2. The molecule has 1 heterocycles. The van der Waals surface area contributed by atoms with Crippen LogP contribution in [0, 0.1) is 19.8 Å². The smallest absolute Gasteiger partial charge is 0.191 e. The van der Waals surface area contributed by atoms with E-state index in [4.69, 9.17) is 0 Å². The summed E-state index contributed by atoms with van der Waals surface area (Å²) in [4.78, 5) is 9.99. The van der Waals surface area contributed by atoms with E-state index in [0.29, 0.717) is 0 Å². The third kappa shape index (κ3) is 3.70. The Kier molecular flexibility index (Phi) is 3.99. The molecule has 94 valence electrons. The Balaban J connectivity index is 1.78. The van der Waals surface area contributed by atoms with Gasteiger partial charge < -0.3 is 10.6 Å². The molecule has 1 aromatic heterocycles. The SMILES string of the molecule is CN=C(NCc1nc(C)c(C)s1)NCC1CC1. The van der Waals surface area contributed by atoms with Crippen LogP contribution in [0.3, 0.4) is 0 Å². The quantitative estimate of drug-likeness (QED) is 0.635. The number of aliphatic imine (C=N–C) groups is 1. The predicted molar refractivity (Wildman–Crippen MR) is 72.5 cm³/mol. The molecule has 0 amide bonds. The fraction of sp³-hybridized carbons (Fsp3) is 0.667. The normalized spacial score (nSPS) is 16.1. The number of thiazole rings is 1. The molecule has 1 aliphatic rings. The number of guanidine groups is 1. The second-order valence-electron chi connectivity index (χ2n) is 4.50. The number of aryl methyl sites for hydroxylation is 2. The number of hydrogen-bond acceptors (Lipinski definition) is 3. The van der Waals surface area contributed by atoms with Gasteiger partial charge in [0.15, 0.2) is 5.96 Å². The van der Waals surface area contributed by atoms with Crippen molar-refractivity contribution in [2.75, 3.05) is 13.6 Å². The minimum absolute atomic E-state index is 0.754. The van der Waals surface area contributed by atoms with Crippen LogP contribution in [0.15, 0.2) is 4.99 Å². The first kappa shape index (κ1) is 12.4. The molecule has 0 aromatic carbocycles. The first-order valence-corrected chi connectivity index (χ1v) is 6.88. The van der Waals surface area contributed by atoms with Gasteiger partial charge in [0.2, 0.25) is 0 Å². The van der Waals surface area contributed by atoms with Gasteiger partial charge in [-0.05, 0) is 32.6 Å². The van der Waals surface area contributed by atoms with Gasteiger partial charge in [0, 0.05) is 18.5 Å². The van der Waals surface area contributed by atoms with Gasteiger partial charge in [0.25, 0.3) is 0 Å². The van der Waals surface area contributed by atoms with Gasteiger partial charge in [-0.3, -0.25) is 4.99 Å². The van der Waals surface area contributed by atoms with Crippen molar-refractivity contribution in [2.24, 2.45) is 10.9 Å². The summed E-state index contributed by atoms with van der Waals surface area (Å²) < 4.78 is 0. The topological polar surface area (TPSA) is 49.3 Å². The van der Waals surface area contributed by atoms with Gasteiger partial charge in [0.1, 0.15) is 5.01 Å². The summed E-state index contributed by atoms with van der Waals surface area (Å²) in [5.74, 6) is 1.74. The molecule has 17 heavy (non-hydrogen) atoms. The third-order valence-electron chi connectivity index (χ3n) is 2.96. The molecule has 0 bridgehead atoms. The van der Waals surface area contributed by atoms with Gasteiger partial charge in [0.05, 0.1) is 12.2 Å². The van der Waals surface area contributed by atoms with Crippen LogP contribution in [0.25, 0.3) is 0 Å². The van der Waals surface area contributed by atoms with E-state index in [9.17, 15) is 0 Å².